The Kier molecular flexibility index (Phi) is 6.69. The highest BCUT2D eigenvalue weighted by atomic mass is 32.2. The van der Waals surface area contributed by atoms with Crippen LogP contribution >= 0.6 is 0 Å². The molecule has 1 heterocycles. The molecule has 2 amide bonds. The van der Waals surface area contributed by atoms with Crippen LogP contribution in [0.5, 0.6) is 11.5 Å². The molecule has 176 valence electrons. The molecule has 0 saturated carbocycles. The smallest absolute Gasteiger partial charge is 0.283 e. The molecule has 1 aliphatic rings. The van der Waals surface area contributed by atoms with E-state index in [9.17, 15) is 18.0 Å². The number of carbonyl (C=O) groups excluding carboxylic acids is 2. The van der Waals surface area contributed by atoms with Crippen molar-refractivity contribution < 1.29 is 27.5 Å². The molecule has 0 aromatic heterocycles. The topological polar surface area (TPSA) is 114 Å². The first kappa shape index (κ1) is 23.1. The Morgan fingerprint density at radius 3 is 2.24 bits per heavy atom. The third-order valence-corrected chi connectivity index (χ3v) is 7.05. The largest absolute Gasteiger partial charge is 0.485 e. The van der Waals surface area contributed by atoms with Gasteiger partial charge in [0.25, 0.3) is 21.8 Å². The van der Waals surface area contributed by atoms with E-state index in [0.717, 1.165) is 0 Å². The summed E-state index contributed by atoms with van der Waals surface area (Å²) in [6.07, 6.45) is -0.930. The zero-order chi connectivity index (χ0) is 24.1. The number of amides is 2. The maximum Gasteiger partial charge on any atom is 0.283 e. The lowest BCUT2D eigenvalue weighted by atomic mass is 10.2. The van der Waals surface area contributed by atoms with Gasteiger partial charge in [-0.05, 0) is 55.5 Å². The molecule has 0 aliphatic carbocycles. The fourth-order valence-electron chi connectivity index (χ4n) is 3.41. The lowest BCUT2D eigenvalue weighted by Crippen LogP contribution is -2.50. The average molecular weight is 482 g/mol. The van der Waals surface area contributed by atoms with Gasteiger partial charge >= 0.3 is 0 Å². The van der Waals surface area contributed by atoms with E-state index < -0.39 is 27.9 Å². The Labute approximate surface area is 197 Å². The number of carbonyl (C=O) groups is 2. The molecule has 2 N–H and O–H groups in total. The van der Waals surface area contributed by atoms with Gasteiger partial charge in [-0.2, -0.15) is 0 Å². The number of fused-ring (bicyclic) bond motifs is 1. The summed E-state index contributed by atoms with van der Waals surface area (Å²) in [6, 6.07) is 21.2. The van der Waals surface area contributed by atoms with Gasteiger partial charge in [0.2, 0.25) is 6.10 Å². The summed E-state index contributed by atoms with van der Waals surface area (Å²) in [6.45, 7) is 1.99. The van der Waals surface area contributed by atoms with E-state index in [-0.39, 0.29) is 23.6 Å². The fourth-order valence-corrected chi connectivity index (χ4v) is 4.88. The third-order valence-electron chi connectivity index (χ3n) is 5.14. The molecule has 0 spiro atoms. The highest BCUT2D eigenvalue weighted by molar-refractivity contribution is 7.92. The molecule has 1 unspecified atom stereocenters. The second kappa shape index (κ2) is 9.84. The van der Waals surface area contributed by atoms with Gasteiger partial charge in [-0.1, -0.05) is 30.3 Å². The van der Waals surface area contributed by atoms with E-state index in [2.05, 4.69) is 10.9 Å². The van der Waals surface area contributed by atoms with E-state index >= 15 is 0 Å². The molecular formula is C24H23N3O6S. The first-order chi connectivity index (χ1) is 16.4. The van der Waals surface area contributed by atoms with Crippen molar-refractivity contribution in [1.29, 1.82) is 0 Å². The molecule has 0 bridgehead atoms. The van der Waals surface area contributed by atoms with Crippen molar-refractivity contribution in [1.82, 2.24) is 10.9 Å². The van der Waals surface area contributed by atoms with E-state index in [4.69, 9.17) is 9.47 Å². The first-order valence-electron chi connectivity index (χ1n) is 10.6. The van der Waals surface area contributed by atoms with Gasteiger partial charge in [0.1, 0.15) is 6.61 Å². The lowest BCUT2D eigenvalue weighted by molar-refractivity contribution is -0.131. The SMILES string of the molecule is CCN(c1ccccc1)S(=O)(=O)c1ccc(C(=O)NNC(=O)C2COc3ccccc3O2)cc1. The molecule has 1 atom stereocenters. The molecule has 3 aromatic carbocycles. The zero-order valence-electron chi connectivity index (χ0n) is 18.3. The Bertz CT molecular complexity index is 1280. The number of nitrogens with zero attached hydrogens (tertiary/aromatic N) is 1. The minimum Gasteiger partial charge on any atom is -0.485 e. The molecule has 4 rings (SSSR count). The normalized spacial score (nSPS) is 14.7. The predicted molar refractivity (Wildman–Crippen MR) is 125 cm³/mol. The van der Waals surface area contributed by atoms with Gasteiger partial charge in [-0.15, -0.1) is 0 Å². The summed E-state index contributed by atoms with van der Waals surface area (Å²) >= 11 is 0. The Morgan fingerprint density at radius 1 is 0.912 bits per heavy atom. The zero-order valence-corrected chi connectivity index (χ0v) is 19.1. The summed E-state index contributed by atoms with van der Waals surface area (Å²) in [5.41, 5.74) is 5.33. The molecule has 0 saturated heterocycles. The van der Waals surface area contributed by atoms with Crippen LogP contribution < -0.4 is 24.6 Å². The number of hydrogen-bond donors (Lipinski definition) is 2. The van der Waals surface area contributed by atoms with Crippen LogP contribution in [0.1, 0.15) is 17.3 Å². The van der Waals surface area contributed by atoms with Gasteiger partial charge in [-0.3, -0.25) is 24.7 Å². The van der Waals surface area contributed by atoms with Crippen LogP contribution in [0.4, 0.5) is 5.69 Å². The number of para-hydroxylation sites is 3. The monoisotopic (exact) mass is 481 g/mol. The number of ether oxygens (including phenoxy) is 2. The number of benzene rings is 3. The summed E-state index contributed by atoms with van der Waals surface area (Å²) in [5.74, 6) is -0.207. The van der Waals surface area contributed by atoms with Crippen molar-refractivity contribution in [3.8, 4) is 11.5 Å². The molecule has 0 fully saturated rings. The number of hydrazine groups is 1. The summed E-state index contributed by atoms with van der Waals surface area (Å²) in [7, 11) is -3.81. The fraction of sp³-hybridized carbons (Fsp3) is 0.167. The van der Waals surface area contributed by atoms with Crippen molar-refractivity contribution in [2.24, 2.45) is 0 Å². The van der Waals surface area contributed by atoms with Gasteiger partial charge in [0.05, 0.1) is 10.6 Å². The Balaban J connectivity index is 1.38. The molecule has 1 aliphatic heterocycles. The van der Waals surface area contributed by atoms with Crippen LogP contribution in [-0.4, -0.2) is 39.5 Å². The van der Waals surface area contributed by atoms with Gasteiger partial charge in [0.15, 0.2) is 11.5 Å². The Hall–Kier alpha value is -4.05. The van der Waals surface area contributed by atoms with Crippen LogP contribution in [0.3, 0.4) is 0 Å². The molecule has 10 heteroatoms. The van der Waals surface area contributed by atoms with Crippen LogP contribution in [0.2, 0.25) is 0 Å². The van der Waals surface area contributed by atoms with Crippen molar-refractivity contribution in [2.75, 3.05) is 17.5 Å². The minimum absolute atomic E-state index is 0.000612. The van der Waals surface area contributed by atoms with Crippen molar-refractivity contribution in [3.05, 3.63) is 84.4 Å². The number of hydrogen-bond acceptors (Lipinski definition) is 6. The van der Waals surface area contributed by atoms with E-state index in [1.807, 2.05) is 6.07 Å². The van der Waals surface area contributed by atoms with E-state index in [1.165, 1.54) is 28.6 Å². The average Bonchev–Trinajstić information content (AvgIpc) is 2.87. The minimum atomic E-state index is -3.81. The number of rotatable bonds is 6. The standard InChI is InChI=1S/C24H23N3O6S/c1-2-27(18-8-4-3-5-9-18)34(30,31)19-14-12-17(13-15-19)23(28)25-26-24(29)22-16-32-20-10-6-7-11-21(20)33-22/h3-15,22H,2,16H2,1H3,(H,25,28)(H,26,29). The second-order valence-electron chi connectivity index (χ2n) is 7.34. The summed E-state index contributed by atoms with van der Waals surface area (Å²) in [4.78, 5) is 24.8. The van der Waals surface area contributed by atoms with Crippen LogP contribution in [0.15, 0.2) is 83.8 Å². The third kappa shape index (κ3) is 4.81. The highest BCUT2D eigenvalue weighted by Gasteiger charge is 2.28. The molecule has 0 radical (unpaired) electrons. The maximum absolute atomic E-state index is 13.1. The number of nitrogens with one attached hydrogen (secondary N) is 2. The van der Waals surface area contributed by atoms with Gasteiger partial charge < -0.3 is 9.47 Å². The molecular weight excluding hydrogens is 458 g/mol. The number of sulfonamides is 1. The predicted octanol–water partition coefficient (Wildman–Crippen LogP) is 2.50. The van der Waals surface area contributed by atoms with Crippen LogP contribution in [0.25, 0.3) is 0 Å². The molecule has 34 heavy (non-hydrogen) atoms. The van der Waals surface area contributed by atoms with E-state index in [1.54, 1.807) is 55.5 Å². The molecule has 3 aromatic rings. The maximum atomic E-state index is 13.1. The summed E-state index contributed by atoms with van der Waals surface area (Å²) in [5, 5.41) is 0. The highest BCUT2D eigenvalue weighted by Crippen LogP contribution is 2.30. The van der Waals surface area contributed by atoms with Gasteiger partial charge in [0, 0.05) is 12.1 Å². The van der Waals surface area contributed by atoms with E-state index in [0.29, 0.717) is 17.2 Å². The summed E-state index contributed by atoms with van der Waals surface area (Å²) < 4.78 is 38.5. The number of anilines is 1. The van der Waals surface area contributed by atoms with Crippen molar-refractivity contribution >= 4 is 27.5 Å². The van der Waals surface area contributed by atoms with Crippen LogP contribution in [-0.2, 0) is 14.8 Å². The molecule has 9 nitrogen and oxygen atoms in total. The quantitative estimate of drug-likeness (QED) is 0.523. The van der Waals surface area contributed by atoms with Crippen LogP contribution in [0, 0.1) is 0 Å². The first-order valence-corrected chi connectivity index (χ1v) is 12.0. The van der Waals surface area contributed by atoms with Crippen molar-refractivity contribution in [3.63, 3.8) is 0 Å². The van der Waals surface area contributed by atoms with Crippen molar-refractivity contribution in [2.45, 2.75) is 17.9 Å². The Morgan fingerprint density at radius 2 is 1.56 bits per heavy atom. The second-order valence-corrected chi connectivity index (χ2v) is 9.20. The lowest BCUT2D eigenvalue weighted by Gasteiger charge is -2.25. The van der Waals surface area contributed by atoms with Gasteiger partial charge in [-0.25, -0.2) is 8.42 Å².